The van der Waals surface area contributed by atoms with Crippen molar-refractivity contribution in [3.63, 3.8) is 0 Å². The number of ether oxygens (including phenoxy) is 3. The Morgan fingerprint density at radius 3 is 2.23 bits per heavy atom. The molecule has 0 unspecified atom stereocenters. The summed E-state index contributed by atoms with van der Waals surface area (Å²) in [6.45, 7) is 3.85. The van der Waals surface area contributed by atoms with Crippen LogP contribution in [0.25, 0.3) is 0 Å². The number of thiophene rings is 1. The van der Waals surface area contributed by atoms with Crippen molar-refractivity contribution in [2.24, 2.45) is 0 Å². The summed E-state index contributed by atoms with van der Waals surface area (Å²) in [5, 5.41) is 2.01. The van der Waals surface area contributed by atoms with Crippen molar-refractivity contribution < 1.29 is 23.8 Å². The number of aryl methyl sites for hydroxylation is 1. The van der Waals surface area contributed by atoms with E-state index < -0.39 is 0 Å². The molecule has 0 radical (unpaired) electrons. The number of nitrogens with zero attached hydrogens (tertiary/aromatic N) is 2. The quantitative estimate of drug-likeness (QED) is 0.192. The first-order valence-corrected chi connectivity index (χ1v) is 14.7. The summed E-state index contributed by atoms with van der Waals surface area (Å²) >= 11 is 1.61. The van der Waals surface area contributed by atoms with Crippen LogP contribution in [0.4, 0.5) is 0 Å². The monoisotopic (exact) mass is 566 g/mol. The maximum Gasteiger partial charge on any atom is 0.254 e. The third-order valence-electron chi connectivity index (χ3n) is 6.85. The summed E-state index contributed by atoms with van der Waals surface area (Å²) in [7, 11) is 4.82. The number of benzene rings is 2. The first-order valence-electron chi connectivity index (χ1n) is 13.9. The molecule has 0 aliphatic carbocycles. The smallest absolute Gasteiger partial charge is 0.254 e. The molecular formula is C32H42N2O5S. The normalized spacial score (nSPS) is 10.8. The third kappa shape index (κ3) is 9.38. The van der Waals surface area contributed by atoms with E-state index in [2.05, 4.69) is 6.92 Å². The van der Waals surface area contributed by atoms with Crippen LogP contribution in [0, 0.1) is 0 Å². The van der Waals surface area contributed by atoms with Crippen LogP contribution in [0.3, 0.4) is 0 Å². The highest BCUT2D eigenvalue weighted by Gasteiger charge is 2.23. The lowest BCUT2D eigenvalue weighted by atomic mass is 10.0. The molecule has 0 saturated heterocycles. The summed E-state index contributed by atoms with van der Waals surface area (Å²) in [6.07, 6.45) is 5.16. The maximum atomic E-state index is 13.7. The van der Waals surface area contributed by atoms with E-state index in [1.807, 2.05) is 64.9 Å². The number of hydrogen-bond donors (Lipinski definition) is 0. The van der Waals surface area contributed by atoms with Crippen LogP contribution in [0.5, 0.6) is 11.5 Å². The van der Waals surface area contributed by atoms with E-state index >= 15 is 0 Å². The molecule has 216 valence electrons. The van der Waals surface area contributed by atoms with E-state index in [1.54, 1.807) is 37.6 Å². The van der Waals surface area contributed by atoms with Crippen molar-refractivity contribution in [1.82, 2.24) is 9.80 Å². The van der Waals surface area contributed by atoms with Gasteiger partial charge in [-0.15, -0.1) is 11.3 Å². The molecule has 0 aliphatic rings. The summed E-state index contributed by atoms with van der Waals surface area (Å²) in [6, 6.07) is 17.6. The molecule has 0 spiro atoms. The molecule has 0 bridgehead atoms. The molecular weight excluding hydrogens is 524 g/mol. The van der Waals surface area contributed by atoms with Gasteiger partial charge in [0, 0.05) is 30.6 Å². The Hall–Kier alpha value is -3.36. The Morgan fingerprint density at radius 2 is 1.57 bits per heavy atom. The fraction of sp³-hybridized carbons (Fsp3) is 0.438. The van der Waals surface area contributed by atoms with Gasteiger partial charge in [-0.05, 0) is 66.1 Å². The first-order chi connectivity index (χ1) is 19.5. The molecule has 0 saturated carbocycles. The molecule has 0 fully saturated rings. The fourth-order valence-electron chi connectivity index (χ4n) is 4.48. The lowest BCUT2D eigenvalue weighted by molar-refractivity contribution is -0.132. The molecule has 0 aliphatic heterocycles. The van der Waals surface area contributed by atoms with Gasteiger partial charge in [-0.2, -0.15) is 0 Å². The number of rotatable bonds is 17. The molecule has 3 aromatic rings. The van der Waals surface area contributed by atoms with Gasteiger partial charge in [0.1, 0.15) is 6.54 Å². The standard InChI is InChI=1S/C32H42N2O5S/c1-5-6-7-9-25-11-14-27(15-12-25)32(36)34(19-20-37-2)24-31(35)33(23-28-10-8-21-40-28)18-17-26-13-16-29(38-3)30(22-26)39-4/h8,10-16,21-22H,5-7,9,17-20,23-24H2,1-4H3. The fourth-order valence-corrected chi connectivity index (χ4v) is 5.20. The minimum Gasteiger partial charge on any atom is -0.493 e. The van der Waals surface area contributed by atoms with Crippen LogP contribution in [0.2, 0.25) is 0 Å². The van der Waals surface area contributed by atoms with Gasteiger partial charge in [-0.25, -0.2) is 0 Å². The van der Waals surface area contributed by atoms with Gasteiger partial charge in [0.2, 0.25) is 5.91 Å². The second-order valence-corrected chi connectivity index (χ2v) is 10.7. The number of hydrogen-bond acceptors (Lipinski definition) is 6. The summed E-state index contributed by atoms with van der Waals surface area (Å²) in [4.78, 5) is 31.7. The van der Waals surface area contributed by atoms with Gasteiger partial charge in [-0.1, -0.05) is 44.0 Å². The van der Waals surface area contributed by atoms with Gasteiger partial charge >= 0.3 is 0 Å². The number of carbonyl (C=O) groups excluding carboxylic acids is 2. The van der Waals surface area contributed by atoms with Crippen LogP contribution in [0.15, 0.2) is 60.0 Å². The lowest BCUT2D eigenvalue weighted by Crippen LogP contribution is -2.44. The van der Waals surface area contributed by atoms with E-state index in [0.717, 1.165) is 23.3 Å². The van der Waals surface area contributed by atoms with Crippen LogP contribution in [-0.2, 0) is 28.9 Å². The highest BCUT2D eigenvalue weighted by atomic mass is 32.1. The summed E-state index contributed by atoms with van der Waals surface area (Å²) in [5.74, 6) is 1.05. The molecule has 2 aromatic carbocycles. The van der Waals surface area contributed by atoms with Gasteiger partial charge in [-0.3, -0.25) is 9.59 Å². The molecule has 40 heavy (non-hydrogen) atoms. The van der Waals surface area contributed by atoms with Crippen molar-refractivity contribution in [3.05, 3.63) is 81.5 Å². The van der Waals surface area contributed by atoms with Crippen LogP contribution in [-0.4, -0.2) is 69.2 Å². The van der Waals surface area contributed by atoms with Gasteiger partial charge in [0.25, 0.3) is 5.91 Å². The molecule has 0 atom stereocenters. The molecule has 2 amide bonds. The number of carbonyl (C=O) groups is 2. The number of methoxy groups -OCH3 is 3. The first kappa shape index (κ1) is 31.2. The number of amides is 2. The Labute approximate surface area is 242 Å². The van der Waals surface area contributed by atoms with E-state index in [9.17, 15) is 9.59 Å². The van der Waals surface area contributed by atoms with Crippen molar-refractivity contribution in [3.8, 4) is 11.5 Å². The van der Waals surface area contributed by atoms with Crippen LogP contribution < -0.4 is 9.47 Å². The second-order valence-electron chi connectivity index (χ2n) is 9.71. The Balaban J connectivity index is 1.73. The van der Waals surface area contributed by atoms with E-state index in [0.29, 0.717) is 49.7 Å². The Bertz CT molecular complexity index is 1180. The predicted octanol–water partition coefficient (Wildman–Crippen LogP) is 5.86. The molecule has 3 rings (SSSR count). The van der Waals surface area contributed by atoms with Crippen molar-refractivity contribution in [1.29, 1.82) is 0 Å². The largest absolute Gasteiger partial charge is 0.493 e. The minimum absolute atomic E-state index is 0.0161. The zero-order valence-electron chi connectivity index (χ0n) is 24.2. The summed E-state index contributed by atoms with van der Waals surface area (Å²) < 4.78 is 16.1. The second kappa shape index (κ2) is 16.7. The van der Waals surface area contributed by atoms with Crippen LogP contribution in [0.1, 0.15) is 52.5 Å². The van der Waals surface area contributed by atoms with Gasteiger partial charge in [0.15, 0.2) is 11.5 Å². The van der Waals surface area contributed by atoms with Crippen LogP contribution >= 0.6 is 11.3 Å². The zero-order valence-corrected chi connectivity index (χ0v) is 25.0. The van der Waals surface area contributed by atoms with Gasteiger partial charge in [0.05, 0.1) is 27.4 Å². The Kier molecular flexibility index (Phi) is 13.0. The van der Waals surface area contributed by atoms with E-state index in [-0.39, 0.29) is 18.4 Å². The highest BCUT2D eigenvalue weighted by molar-refractivity contribution is 7.09. The topological polar surface area (TPSA) is 68.3 Å². The van der Waals surface area contributed by atoms with Crippen molar-refractivity contribution in [2.45, 2.75) is 45.6 Å². The minimum atomic E-state index is -0.165. The Morgan fingerprint density at radius 1 is 0.825 bits per heavy atom. The molecule has 7 nitrogen and oxygen atoms in total. The lowest BCUT2D eigenvalue weighted by Gasteiger charge is -2.28. The highest BCUT2D eigenvalue weighted by Crippen LogP contribution is 2.28. The predicted molar refractivity (Wildman–Crippen MR) is 160 cm³/mol. The van der Waals surface area contributed by atoms with Crippen molar-refractivity contribution >= 4 is 23.2 Å². The molecule has 1 heterocycles. The summed E-state index contributed by atoms with van der Waals surface area (Å²) in [5.41, 5.74) is 2.84. The van der Waals surface area contributed by atoms with Crippen molar-refractivity contribution in [2.75, 3.05) is 47.6 Å². The molecule has 1 aromatic heterocycles. The van der Waals surface area contributed by atoms with Gasteiger partial charge < -0.3 is 24.0 Å². The average molecular weight is 567 g/mol. The maximum absolute atomic E-state index is 13.7. The molecule has 0 N–H and O–H groups in total. The third-order valence-corrected chi connectivity index (χ3v) is 7.71. The van der Waals surface area contributed by atoms with E-state index in [1.165, 1.54) is 18.4 Å². The molecule has 8 heteroatoms. The zero-order chi connectivity index (χ0) is 28.7. The SMILES string of the molecule is CCCCCc1ccc(C(=O)N(CCOC)CC(=O)N(CCc2ccc(OC)c(OC)c2)Cc2cccs2)cc1. The average Bonchev–Trinajstić information content (AvgIpc) is 3.50. The van der Waals surface area contributed by atoms with E-state index in [4.69, 9.17) is 14.2 Å². The number of unbranched alkanes of at least 4 members (excludes halogenated alkanes) is 2.